The lowest BCUT2D eigenvalue weighted by Gasteiger charge is -2.23. The van der Waals surface area contributed by atoms with E-state index in [1.54, 1.807) is 6.07 Å². The van der Waals surface area contributed by atoms with Gasteiger partial charge >= 0.3 is 0 Å². The molecule has 1 aliphatic heterocycles. The van der Waals surface area contributed by atoms with Crippen LogP contribution in [0.5, 0.6) is 5.75 Å². The minimum Gasteiger partial charge on any atom is -0.490 e. The van der Waals surface area contributed by atoms with Crippen LogP contribution in [0.1, 0.15) is 19.8 Å². The van der Waals surface area contributed by atoms with E-state index in [1.165, 1.54) is 12.1 Å². The molecule has 1 N–H and O–H groups in total. The van der Waals surface area contributed by atoms with Gasteiger partial charge in [0.1, 0.15) is 17.7 Å². The molecule has 1 aromatic rings. The summed E-state index contributed by atoms with van der Waals surface area (Å²) in [5.74, 6) is 0.646. The molecule has 2 rings (SSSR count). The van der Waals surface area contributed by atoms with Gasteiger partial charge in [-0.05, 0) is 31.5 Å². The number of benzene rings is 1. The fourth-order valence-electron chi connectivity index (χ4n) is 2.23. The van der Waals surface area contributed by atoms with E-state index >= 15 is 0 Å². The molecular formula is C13H17ClFNO. The fraction of sp³-hybridized carbons (Fsp3) is 0.538. The maximum Gasteiger partial charge on any atom is 0.145 e. The number of ether oxygens (including phenoxy) is 1. The predicted octanol–water partition coefficient (Wildman–Crippen LogP) is 3.25. The van der Waals surface area contributed by atoms with Crippen molar-refractivity contribution >= 4 is 11.6 Å². The molecule has 0 unspecified atom stereocenters. The first-order valence-electron chi connectivity index (χ1n) is 6.03. The first kappa shape index (κ1) is 12.7. The first-order valence-corrected chi connectivity index (χ1v) is 6.41. The zero-order chi connectivity index (χ0) is 12.3. The van der Waals surface area contributed by atoms with Gasteiger partial charge in [-0.2, -0.15) is 0 Å². The van der Waals surface area contributed by atoms with Crippen molar-refractivity contribution in [3.63, 3.8) is 0 Å². The third-order valence-electron chi connectivity index (χ3n) is 3.21. The Morgan fingerprint density at radius 2 is 2.41 bits per heavy atom. The zero-order valence-corrected chi connectivity index (χ0v) is 10.6. The Morgan fingerprint density at radius 3 is 3.00 bits per heavy atom. The van der Waals surface area contributed by atoms with E-state index in [0.29, 0.717) is 11.7 Å². The number of nitrogens with one attached hydrogen (secondary N) is 1. The van der Waals surface area contributed by atoms with E-state index in [0.717, 1.165) is 25.9 Å². The van der Waals surface area contributed by atoms with Crippen LogP contribution in [0.25, 0.3) is 0 Å². The van der Waals surface area contributed by atoms with Crippen molar-refractivity contribution in [1.29, 1.82) is 0 Å². The number of halogens is 2. The van der Waals surface area contributed by atoms with Crippen LogP contribution in [0.3, 0.4) is 0 Å². The fourth-order valence-corrected chi connectivity index (χ4v) is 2.35. The molecule has 0 spiro atoms. The molecule has 2 nitrogen and oxygen atoms in total. The summed E-state index contributed by atoms with van der Waals surface area (Å²) in [7, 11) is 0. The van der Waals surface area contributed by atoms with Gasteiger partial charge in [0.15, 0.2) is 0 Å². The van der Waals surface area contributed by atoms with Gasteiger partial charge in [0.2, 0.25) is 0 Å². The average Bonchev–Trinajstić information content (AvgIpc) is 2.84. The molecule has 2 atom stereocenters. The lowest BCUT2D eigenvalue weighted by molar-refractivity contribution is 0.138. The van der Waals surface area contributed by atoms with Gasteiger partial charge in [-0.25, -0.2) is 4.39 Å². The Hall–Kier alpha value is -0.800. The summed E-state index contributed by atoms with van der Waals surface area (Å²) < 4.78 is 19.1. The Balaban J connectivity index is 2.04. The van der Waals surface area contributed by atoms with Crippen molar-refractivity contribution < 1.29 is 9.13 Å². The first-order chi connectivity index (χ1) is 8.20. The Morgan fingerprint density at radius 1 is 1.59 bits per heavy atom. The van der Waals surface area contributed by atoms with Crippen LogP contribution in [0.2, 0.25) is 5.02 Å². The van der Waals surface area contributed by atoms with Gasteiger partial charge in [-0.1, -0.05) is 18.5 Å². The molecule has 1 saturated heterocycles. The summed E-state index contributed by atoms with van der Waals surface area (Å²) in [4.78, 5) is 0. The Kier molecular flexibility index (Phi) is 4.24. The van der Waals surface area contributed by atoms with E-state index in [-0.39, 0.29) is 11.1 Å². The molecule has 0 saturated carbocycles. The molecule has 17 heavy (non-hydrogen) atoms. The molecular weight excluding hydrogens is 241 g/mol. The molecule has 1 aliphatic rings. The minimum atomic E-state index is -0.427. The summed E-state index contributed by atoms with van der Waals surface area (Å²) >= 11 is 5.64. The van der Waals surface area contributed by atoms with Crippen LogP contribution in [0.15, 0.2) is 18.2 Å². The van der Waals surface area contributed by atoms with Gasteiger partial charge in [0.05, 0.1) is 5.02 Å². The van der Waals surface area contributed by atoms with Gasteiger partial charge < -0.3 is 10.1 Å². The number of hydrogen-bond donors (Lipinski definition) is 1. The second kappa shape index (κ2) is 5.69. The van der Waals surface area contributed by atoms with E-state index in [1.807, 2.05) is 0 Å². The Bertz CT molecular complexity index is 380. The van der Waals surface area contributed by atoms with Crippen molar-refractivity contribution in [2.45, 2.75) is 25.9 Å². The number of hydrogen-bond acceptors (Lipinski definition) is 2. The second-order valence-electron chi connectivity index (χ2n) is 4.39. The quantitative estimate of drug-likeness (QED) is 0.894. The van der Waals surface area contributed by atoms with Crippen LogP contribution in [0, 0.1) is 11.7 Å². The smallest absolute Gasteiger partial charge is 0.145 e. The minimum absolute atomic E-state index is 0.132. The molecule has 94 valence electrons. The molecule has 1 fully saturated rings. The van der Waals surface area contributed by atoms with Crippen LogP contribution in [-0.4, -0.2) is 19.2 Å². The molecule has 4 heteroatoms. The van der Waals surface area contributed by atoms with E-state index in [2.05, 4.69) is 12.2 Å². The van der Waals surface area contributed by atoms with Gasteiger partial charge in [-0.3, -0.25) is 0 Å². The lowest BCUT2D eigenvalue weighted by atomic mass is 9.99. The van der Waals surface area contributed by atoms with E-state index in [9.17, 15) is 4.39 Å². The molecule has 0 aromatic heterocycles. The highest BCUT2D eigenvalue weighted by atomic mass is 35.5. The van der Waals surface area contributed by atoms with Gasteiger partial charge in [0, 0.05) is 18.5 Å². The van der Waals surface area contributed by atoms with E-state index < -0.39 is 5.82 Å². The Labute approximate surface area is 106 Å². The third kappa shape index (κ3) is 3.11. The van der Waals surface area contributed by atoms with Crippen LogP contribution >= 0.6 is 11.6 Å². The van der Waals surface area contributed by atoms with Gasteiger partial charge in [0.25, 0.3) is 0 Å². The summed E-state index contributed by atoms with van der Waals surface area (Å²) in [6.45, 7) is 4.11. The van der Waals surface area contributed by atoms with Crippen molar-refractivity contribution in [3.05, 3.63) is 29.0 Å². The highest BCUT2D eigenvalue weighted by Crippen LogP contribution is 2.25. The standard InChI is InChI=1S/C13H17ClFNO/c1-2-13(9-5-6-16-8-9)17-10-3-4-11(14)12(15)7-10/h3-4,7,9,13,16H,2,5-6,8H2,1H3/t9-,13-/m0/s1. The number of rotatable bonds is 4. The maximum absolute atomic E-state index is 13.3. The summed E-state index contributed by atoms with van der Waals surface area (Å²) in [6, 6.07) is 4.61. The summed E-state index contributed by atoms with van der Waals surface area (Å²) in [5, 5.41) is 3.45. The normalized spacial score (nSPS) is 21.5. The topological polar surface area (TPSA) is 21.3 Å². The highest BCUT2D eigenvalue weighted by Gasteiger charge is 2.25. The van der Waals surface area contributed by atoms with E-state index in [4.69, 9.17) is 16.3 Å². The van der Waals surface area contributed by atoms with Crippen molar-refractivity contribution in [2.24, 2.45) is 5.92 Å². The average molecular weight is 258 g/mol. The summed E-state index contributed by atoms with van der Waals surface area (Å²) in [5.41, 5.74) is 0. The molecule has 0 amide bonds. The van der Waals surface area contributed by atoms with Crippen LogP contribution in [0.4, 0.5) is 4.39 Å². The molecule has 1 heterocycles. The SMILES string of the molecule is CC[C@H](Oc1ccc(Cl)c(F)c1)[C@H]1CCNC1. The maximum atomic E-state index is 13.3. The zero-order valence-electron chi connectivity index (χ0n) is 9.88. The molecule has 0 bridgehead atoms. The molecule has 0 radical (unpaired) electrons. The summed E-state index contributed by atoms with van der Waals surface area (Å²) in [6.07, 6.45) is 2.19. The predicted molar refractivity (Wildman–Crippen MR) is 67.1 cm³/mol. The second-order valence-corrected chi connectivity index (χ2v) is 4.80. The largest absolute Gasteiger partial charge is 0.490 e. The monoisotopic (exact) mass is 257 g/mol. The van der Waals surface area contributed by atoms with Crippen molar-refractivity contribution in [1.82, 2.24) is 5.32 Å². The van der Waals surface area contributed by atoms with Gasteiger partial charge in [-0.15, -0.1) is 0 Å². The molecule has 1 aromatic carbocycles. The van der Waals surface area contributed by atoms with Crippen molar-refractivity contribution in [2.75, 3.05) is 13.1 Å². The van der Waals surface area contributed by atoms with Crippen molar-refractivity contribution in [3.8, 4) is 5.75 Å². The lowest BCUT2D eigenvalue weighted by Crippen LogP contribution is -2.28. The van der Waals surface area contributed by atoms with Crippen LogP contribution in [-0.2, 0) is 0 Å². The highest BCUT2D eigenvalue weighted by molar-refractivity contribution is 6.30. The third-order valence-corrected chi connectivity index (χ3v) is 3.51. The molecule has 0 aliphatic carbocycles. The van der Waals surface area contributed by atoms with Crippen LogP contribution < -0.4 is 10.1 Å².